The highest BCUT2D eigenvalue weighted by Gasteiger charge is 2.29. The maximum Gasteiger partial charge on any atom is 0.320 e. The van der Waals surface area contributed by atoms with Crippen LogP contribution in [0.25, 0.3) is 16.6 Å². The number of carbonyl (C=O) groups excluding carboxylic acids is 1. The van der Waals surface area contributed by atoms with Gasteiger partial charge < -0.3 is 5.32 Å². The van der Waals surface area contributed by atoms with Gasteiger partial charge in [0, 0.05) is 29.2 Å². The Balaban J connectivity index is 1.30. The highest BCUT2D eigenvalue weighted by Crippen LogP contribution is 2.34. The Morgan fingerprint density at radius 2 is 1.94 bits per heavy atom. The van der Waals surface area contributed by atoms with E-state index in [0.29, 0.717) is 11.7 Å². The number of hydrogen-bond acceptors (Lipinski definition) is 4. The van der Waals surface area contributed by atoms with Crippen molar-refractivity contribution in [1.82, 2.24) is 25.1 Å². The van der Waals surface area contributed by atoms with Gasteiger partial charge in [0.1, 0.15) is 5.82 Å². The minimum absolute atomic E-state index is 0.129. The SMILES string of the molecule is Cc1cc(-n2ncc3cc(NC(=O)N[C@H]4CCC[C@@H]4c4ccccc4)ncc32)ccn1. The van der Waals surface area contributed by atoms with Gasteiger partial charge in [0.2, 0.25) is 0 Å². The zero-order valence-electron chi connectivity index (χ0n) is 17.3. The van der Waals surface area contributed by atoms with Crippen molar-refractivity contribution in [2.75, 3.05) is 5.32 Å². The first kappa shape index (κ1) is 19.2. The van der Waals surface area contributed by atoms with E-state index in [9.17, 15) is 4.79 Å². The van der Waals surface area contributed by atoms with Crippen LogP contribution in [-0.2, 0) is 0 Å². The van der Waals surface area contributed by atoms with Crippen molar-refractivity contribution >= 4 is 22.8 Å². The normalized spacial score (nSPS) is 18.2. The van der Waals surface area contributed by atoms with E-state index in [1.807, 2.05) is 35.9 Å². The monoisotopic (exact) mass is 412 g/mol. The number of nitrogens with zero attached hydrogens (tertiary/aromatic N) is 4. The van der Waals surface area contributed by atoms with Gasteiger partial charge in [-0.3, -0.25) is 10.3 Å². The van der Waals surface area contributed by atoms with Crippen LogP contribution in [0, 0.1) is 6.92 Å². The second-order valence-corrected chi connectivity index (χ2v) is 7.99. The van der Waals surface area contributed by atoms with Crippen molar-refractivity contribution in [3.8, 4) is 5.69 Å². The van der Waals surface area contributed by atoms with Gasteiger partial charge in [0.25, 0.3) is 0 Å². The predicted octanol–water partition coefficient (Wildman–Crippen LogP) is 4.58. The van der Waals surface area contributed by atoms with Crippen LogP contribution in [0.15, 0.2) is 67.1 Å². The Morgan fingerprint density at radius 1 is 1.06 bits per heavy atom. The van der Waals surface area contributed by atoms with Crippen molar-refractivity contribution in [2.45, 2.75) is 38.1 Å². The fourth-order valence-corrected chi connectivity index (χ4v) is 4.42. The Morgan fingerprint density at radius 3 is 2.77 bits per heavy atom. The molecule has 2 atom stereocenters. The fraction of sp³-hybridized carbons (Fsp3) is 0.250. The summed E-state index contributed by atoms with van der Waals surface area (Å²) >= 11 is 0. The van der Waals surface area contributed by atoms with E-state index in [-0.39, 0.29) is 12.1 Å². The minimum Gasteiger partial charge on any atom is -0.334 e. The summed E-state index contributed by atoms with van der Waals surface area (Å²) < 4.78 is 1.82. The molecular formula is C24H24N6O. The molecule has 1 aliphatic carbocycles. The molecule has 7 nitrogen and oxygen atoms in total. The van der Waals surface area contributed by atoms with Gasteiger partial charge in [0.15, 0.2) is 0 Å². The first-order chi connectivity index (χ1) is 15.2. The summed E-state index contributed by atoms with van der Waals surface area (Å²) in [5.41, 5.74) is 4.00. The van der Waals surface area contributed by atoms with Crippen LogP contribution in [-0.4, -0.2) is 31.8 Å². The van der Waals surface area contributed by atoms with Gasteiger partial charge in [-0.05, 0) is 43.5 Å². The van der Waals surface area contributed by atoms with Gasteiger partial charge in [0.05, 0.1) is 23.6 Å². The van der Waals surface area contributed by atoms with Crippen molar-refractivity contribution in [1.29, 1.82) is 0 Å². The largest absolute Gasteiger partial charge is 0.334 e. The average molecular weight is 412 g/mol. The number of nitrogens with one attached hydrogen (secondary N) is 2. The molecule has 5 rings (SSSR count). The van der Waals surface area contributed by atoms with Crippen LogP contribution in [0.1, 0.15) is 36.4 Å². The predicted molar refractivity (Wildman–Crippen MR) is 120 cm³/mol. The van der Waals surface area contributed by atoms with Gasteiger partial charge in [-0.2, -0.15) is 5.10 Å². The summed E-state index contributed by atoms with van der Waals surface area (Å²) in [5.74, 6) is 0.856. The summed E-state index contributed by atoms with van der Waals surface area (Å²) in [6, 6.07) is 16.0. The molecule has 2 N–H and O–H groups in total. The average Bonchev–Trinajstić information content (AvgIpc) is 3.41. The van der Waals surface area contributed by atoms with Crippen LogP contribution in [0.2, 0.25) is 0 Å². The van der Waals surface area contributed by atoms with Crippen LogP contribution >= 0.6 is 0 Å². The lowest BCUT2D eigenvalue weighted by Gasteiger charge is -2.21. The molecule has 1 fully saturated rings. The Labute approximate surface area is 180 Å². The topological polar surface area (TPSA) is 84.7 Å². The molecule has 0 spiro atoms. The maximum atomic E-state index is 12.7. The third kappa shape index (κ3) is 3.99. The summed E-state index contributed by atoms with van der Waals surface area (Å²) in [5, 5.41) is 11.4. The highest BCUT2D eigenvalue weighted by molar-refractivity contribution is 5.91. The number of benzene rings is 1. The molecule has 0 aliphatic heterocycles. The Bertz CT molecular complexity index is 1220. The number of aromatic nitrogens is 4. The molecule has 0 radical (unpaired) electrons. The van der Waals surface area contributed by atoms with Crippen LogP contribution in [0.3, 0.4) is 0 Å². The fourth-order valence-electron chi connectivity index (χ4n) is 4.42. The summed E-state index contributed by atoms with van der Waals surface area (Å²) in [6.45, 7) is 1.95. The van der Waals surface area contributed by atoms with E-state index in [1.54, 1.807) is 18.6 Å². The number of aryl methyl sites for hydroxylation is 1. The molecule has 1 aliphatic rings. The number of hydrogen-bond donors (Lipinski definition) is 2. The molecule has 7 heteroatoms. The van der Waals surface area contributed by atoms with Crippen LogP contribution in [0.4, 0.5) is 10.6 Å². The number of amides is 2. The lowest BCUT2D eigenvalue weighted by atomic mass is 9.94. The number of carbonyl (C=O) groups is 1. The zero-order valence-corrected chi connectivity index (χ0v) is 17.3. The molecule has 0 unspecified atom stereocenters. The van der Waals surface area contributed by atoms with Crippen LogP contribution < -0.4 is 10.6 Å². The van der Waals surface area contributed by atoms with Gasteiger partial charge in [-0.15, -0.1) is 0 Å². The highest BCUT2D eigenvalue weighted by atomic mass is 16.2. The second-order valence-electron chi connectivity index (χ2n) is 7.99. The lowest BCUT2D eigenvalue weighted by molar-refractivity contribution is 0.247. The lowest BCUT2D eigenvalue weighted by Crippen LogP contribution is -2.39. The zero-order chi connectivity index (χ0) is 21.2. The quantitative estimate of drug-likeness (QED) is 0.514. The molecule has 31 heavy (non-hydrogen) atoms. The molecular weight excluding hydrogens is 388 g/mol. The third-order valence-electron chi connectivity index (χ3n) is 5.88. The van der Waals surface area contributed by atoms with Gasteiger partial charge in [-0.25, -0.2) is 14.5 Å². The molecule has 0 saturated heterocycles. The number of anilines is 1. The van der Waals surface area contributed by atoms with Gasteiger partial charge >= 0.3 is 6.03 Å². The second kappa shape index (κ2) is 8.18. The Kier molecular flexibility index (Phi) is 5.08. The Hall–Kier alpha value is -3.74. The van der Waals surface area contributed by atoms with E-state index in [4.69, 9.17) is 0 Å². The maximum absolute atomic E-state index is 12.7. The summed E-state index contributed by atoms with van der Waals surface area (Å²) in [4.78, 5) is 21.3. The molecule has 0 bridgehead atoms. The smallest absolute Gasteiger partial charge is 0.320 e. The third-order valence-corrected chi connectivity index (χ3v) is 5.88. The number of urea groups is 1. The standard InChI is InChI=1S/C24H24N6O/c1-16-12-19(10-11-25-16)30-22-15-26-23(13-18(22)14-27-30)29-24(31)28-21-9-5-8-20(21)17-6-3-2-4-7-17/h2-4,6-7,10-15,20-21H,5,8-9H2,1H3,(H2,26,28,29,31)/t20-,21+/m1/s1. The first-order valence-corrected chi connectivity index (χ1v) is 10.6. The molecule has 4 aromatic rings. The van der Waals surface area contributed by atoms with Crippen molar-refractivity contribution < 1.29 is 4.79 Å². The molecule has 3 heterocycles. The van der Waals surface area contributed by atoms with E-state index in [1.165, 1.54) is 5.56 Å². The number of fused-ring (bicyclic) bond motifs is 1. The van der Waals surface area contributed by atoms with E-state index >= 15 is 0 Å². The van der Waals surface area contributed by atoms with Crippen molar-refractivity contribution in [3.05, 3.63) is 78.4 Å². The van der Waals surface area contributed by atoms with E-state index in [0.717, 1.165) is 41.5 Å². The summed E-state index contributed by atoms with van der Waals surface area (Å²) in [6.07, 6.45) is 8.46. The molecule has 2 amide bonds. The molecule has 3 aromatic heterocycles. The number of rotatable bonds is 4. The summed E-state index contributed by atoms with van der Waals surface area (Å²) in [7, 11) is 0. The van der Waals surface area contributed by atoms with Crippen molar-refractivity contribution in [3.63, 3.8) is 0 Å². The van der Waals surface area contributed by atoms with Gasteiger partial charge in [-0.1, -0.05) is 36.8 Å². The molecule has 156 valence electrons. The first-order valence-electron chi connectivity index (χ1n) is 10.6. The van der Waals surface area contributed by atoms with E-state index < -0.39 is 0 Å². The number of pyridine rings is 2. The molecule has 1 aromatic carbocycles. The van der Waals surface area contributed by atoms with E-state index in [2.05, 4.69) is 50.0 Å². The minimum atomic E-state index is -0.225. The van der Waals surface area contributed by atoms with Crippen LogP contribution in [0.5, 0.6) is 0 Å². The molecule has 1 saturated carbocycles. The van der Waals surface area contributed by atoms with Crippen molar-refractivity contribution in [2.24, 2.45) is 0 Å².